The van der Waals surface area contributed by atoms with Crippen molar-refractivity contribution in [2.45, 2.75) is 32.4 Å². The van der Waals surface area contributed by atoms with Crippen molar-refractivity contribution in [2.24, 2.45) is 11.4 Å². The summed E-state index contributed by atoms with van der Waals surface area (Å²) in [6.07, 6.45) is 7.58. The normalized spacial score (nSPS) is 20.0. The first-order chi connectivity index (χ1) is 16.8. The number of anilines is 2. The van der Waals surface area contributed by atoms with Gasteiger partial charge in [-0.05, 0) is 32.4 Å². The van der Waals surface area contributed by atoms with E-state index >= 15 is 0 Å². The van der Waals surface area contributed by atoms with Gasteiger partial charge in [-0.25, -0.2) is 34.9 Å². The van der Waals surface area contributed by atoms with Crippen molar-refractivity contribution >= 4 is 36.4 Å². The Bertz CT molecular complexity index is 1250. The molecule has 0 fully saturated rings. The van der Waals surface area contributed by atoms with Gasteiger partial charge in [0.15, 0.2) is 17.5 Å². The molecule has 4 atom stereocenters. The van der Waals surface area contributed by atoms with E-state index in [0.717, 1.165) is 0 Å². The lowest BCUT2D eigenvalue weighted by atomic mass is 10.1. The summed E-state index contributed by atoms with van der Waals surface area (Å²) in [5.41, 5.74) is 13.4. The molecule has 0 saturated heterocycles. The largest absolute Gasteiger partial charge is 0.458 e. The smallest absolute Gasteiger partial charge is 0.382 e. The highest BCUT2D eigenvalue weighted by Crippen LogP contribution is 2.42. The number of allylic oxidation sites excluding steroid dienone is 1. The quantitative estimate of drug-likeness (QED) is 0.239. The van der Waals surface area contributed by atoms with Gasteiger partial charge in [-0.1, -0.05) is 30.4 Å². The number of rotatable bonds is 10. The summed E-state index contributed by atoms with van der Waals surface area (Å²) < 4.78 is 25.0. The zero-order chi connectivity index (χ0) is 25.0. The topological polar surface area (TPSA) is 161 Å². The van der Waals surface area contributed by atoms with Gasteiger partial charge in [0.25, 0.3) is 0 Å². The fourth-order valence-electron chi connectivity index (χ4n) is 3.84. The van der Waals surface area contributed by atoms with Crippen LogP contribution >= 0.6 is 7.75 Å². The highest BCUT2D eigenvalue weighted by molar-refractivity contribution is 7.51. The van der Waals surface area contributed by atoms with Crippen LogP contribution in [0, 0.1) is 5.92 Å². The number of fused-ring (bicyclic) bond motifs is 1. The minimum Gasteiger partial charge on any atom is -0.382 e. The number of nitrogens with two attached hydrogens (primary N) is 2. The van der Waals surface area contributed by atoms with Crippen LogP contribution in [0.15, 0.2) is 55.1 Å². The molecule has 13 heteroatoms. The molecule has 186 valence electrons. The van der Waals surface area contributed by atoms with E-state index in [2.05, 4.69) is 15.0 Å². The van der Waals surface area contributed by atoms with Crippen LogP contribution in [0.25, 0.3) is 11.2 Å². The summed E-state index contributed by atoms with van der Waals surface area (Å²) >= 11 is 0. The summed E-state index contributed by atoms with van der Waals surface area (Å²) in [6, 6.07) is 8.08. The first-order valence-corrected chi connectivity index (χ1v) is 12.8. The molecule has 1 unspecified atom stereocenters. The molecule has 2 heterocycles. The Morgan fingerprint density at radius 1 is 1.26 bits per heavy atom. The molecule has 0 aliphatic heterocycles. The maximum Gasteiger partial charge on any atom is 0.458 e. The van der Waals surface area contributed by atoms with Gasteiger partial charge in [-0.3, -0.25) is 9.36 Å². The average molecular weight is 501 g/mol. The first-order valence-electron chi connectivity index (χ1n) is 11.1. The van der Waals surface area contributed by atoms with E-state index in [1.165, 1.54) is 11.4 Å². The van der Waals surface area contributed by atoms with Crippen LogP contribution in [-0.4, -0.2) is 44.7 Å². The molecule has 0 saturated carbocycles. The van der Waals surface area contributed by atoms with Crippen LogP contribution in [0.5, 0.6) is 0 Å². The summed E-state index contributed by atoms with van der Waals surface area (Å²) in [5.74, 6) is -0.616. The second kappa shape index (κ2) is 10.5. The molecule has 2 aromatic heterocycles. The number of benzene rings is 1. The van der Waals surface area contributed by atoms with Gasteiger partial charge >= 0.3 is 13.7 Å². The molecule has 1 aliphatic rings. The third kappa shape index (κ3) is 5.68. The Hall–Kier alpha value is -3.31. The molecular weight excluding hydrogens is 473 g/mol. The molecular formula is C22H28N7O5P. The Balaban J connectivity index is 1.33. The number of hydroxylamine groups is 1. The van der Waals surface area contributed by atoms with Crippen LogP contribution in [0.2, 0.25) is 0 Å². The van der Waals surface area contributed by atoms with Gasteiger partial charge in [0.2, 0.25) is 0 Å². The second-order valence-corrected chi connectivity index (χ2v) is 9.55. The number of carbonyl (C=O) groups excluding carboxylic acids is 1. The second-order valence-electron chi connectivity index (χ2n) is 8.03. The molecule has 4 N–H and O–H groups in total. The van der Waals surface area contributed by atoms with Gasteiger partial charge in [-0.2, -0.15) is 0 Å². The fraction of sp³-hybridized carbons (Fsp3) is 0.364. The van der Waals surface area contributed by atoms with Crippen molar-refractivity contribution in [3.8, 4) is 0 Å². The van der Waals surface area contributed by atoms with Crippen LogP contribution in [-0.2, 0) is 23.2 Å². The predicted octanol–water partition coefficient (Wildman–Crippen LogP) is 3.00. The van der Waals surface area contributed by atoms with Crippen molar-refractivity contribution < 1.29 is 23.2 Å². The molecule has 1 aliphatic carbocycles. The van der Waals surface area contributed by atoms with Crippen molar-refractivity contribution in [3.05, 3.63) is 55.1 Å². The molecule has 0 spiro atoms. The van der Waals surface area contributed by atoms with E-state index in [1.54, 1.807) is 32.3 Å². The van der Waals surface area contributed by atoms with Gasteiger partial charge in [-0.15, -0.1) is 0 Å². The summed E-state index contributed by atoms with van der Waals surface area (Å²) in [5, 5.41) is 1.39. The minimum absolute atomic E-state index is 0.0139. The third-order valence-electron chi connectivity index (χ3n) is 5.55. The molecule has 12 nitrogen and oxygen atoms in total. The number of hydrogen-bond acceptors (Lipinski definition) is 10. The number of aromatic nitrogens is 4. The Morgan fingerprint density at radius 2 is 2.03 bits per heavy atom. The van der Waals surface area contributed by atoms with Crippen LogP contribution in [0.1, 0.15) is 26.3 Å². The standard InChI is InChI=1S/C22H28N7O5P/c1-3-32-29(17-7-5-4-6-8-17)15(2)22(30)34-35(24,31)33-12-16-9-10-18(11-16)28-14-27-19-20(23)25-13-26-21(19)28/h4-10,13-16,18H,3,11-12H2,1-2H3,(H2,24,31)(H2,23,25,26)/t15-,16-,18+,35?/m0/s1. The molecule has 1 aromatic carbocycles. The van der Waals surface area contributed by atoms with E-state index in [-0.39, 0.29) is 18.6 Å². The maximum absolute atomic E-state index is 12.7. The molecule has 0 bridgehead atoms. The van der Waals surface area contributed by atoms with Crippen molar-refractivity contribution in [2.75, 3.05) is 24.0 Å². The third-order valence-corrected chi connectivity index (χ3v) is 6.49. The number of carbonyl (C=O) groups is 1. The van der Waals surface area contributed by atoms with Crippen molar-refractivity contribution in [1.82, 2.24) is 19.5 Å². The fourth-order valence-corrected chi connectivity index (χ4v) is 4.70. The van der Waals surface area contributed by atoms with Crippen LogP contribution in [0.3, 0.4) is 0 Å². The van der Waals surface area contributed by atoms with E-state index in [0.29, 0.717) is 35.7 Å². The lowest BCUT2D eigenvalue weighted by molar-refractivity contribution is -0.138. The zero-order valence-corrected chi connectivity index (χ0v) is 20.3. The lowest BCUT2D eigenvalue weighted by Gasteiger charge is -2.28. The average Bonchev–Trinajstić information content (AvgIpc) is 3.49. The summed E-state index contributed by atoms with van der Waals surface area (Å²) in [6.45, 7) is 3.70. The van der Waals surface area contributed by atoms with E-state index in [9.17, 15) is 9.36 Å². The van der Waals surface area contributed by atoms with Crippen molar-refractivity contribution in [3.63, 3.8) is 0 Å². The summed E-state index contributed by atoms with van der Waals surface area (Å²) in [4.78, 5) is 30.8. The minimum atomic E-state index is -4.15. The molecule has 35 heavy (non-hydrogen) atoms. The highest BCUT2D eigenvalue weighted by Gasteiger charge is 2.32. The highest BCUT2D eigenvalue weighted by atomic mass is 31.2. The molecule has 0 amide bonds. The monoisotopic (exact) mass is 501 g/mol. The van der Waals surface area contributed by atoms with E-state index in [4.69, 9.17) is 25.1 Å². The number of nitrogens with zero attached hydrogens (tertiary/aromatic N) is 5. The number of imidazole rings is 1. The zero-order valence-electron chi connectivity index (χ0n) is 19.4. The lowest BCUT2D eigenvalue weighted by Crippen LogP contribution is -2.40. The van der Waals surface area contributed by atoms with E-state index in [1.807, 2.05) is 34.9 Å². The number of nitrogen functional groups attached to an aromatic ring is 1. The SMILES string of the molecule is CCON(c1ccccc1)[C@@H](C)C(=O)OP(N)(=O)OC[C@H]1C=C[C@@H](n2cnc3c(N)ncnc32)C1. The summed E-state index contributed by atoms with van der Waals surface area (Å²) in [7, 11) is -4.15. The van der Waals surface area contributed by atoms with Gasteiger partial charge in [0.05, 0.1) is 31.3 Å². The van der Waals surface area contributed by atoms with Crippen molar-refractivity contribution in [1.29, 1.82) is 0 Å². The van der Waals surface area contributed by atoms with Gasteiger partial charge < -0.3 is 14.8 Å². The predicted molar refractivity (Wildman–Crippen MR) is 130 cm³/mol. The Morgan fingerprint density at radius 3 is 2.77 bits per heavy atom. The first kappa shape index (κ1) is 24.8. The molecule has 3 aromatic rings. The number of hydrogen-bond donors (Lipinski definition) is 2. The Labute approximate surface area is 202 Å². The van der Waals surface area contributed by atoms with Gasteiger partial charge in [0, 0.05) is 5.92 Å². The van der Waals surface area contributed by atoms with Crippen LogP contribution in [0.4, 0.5) is 11.5 Å². The Kier molecular flexibility index (Phi) is 7.46. The number of para-hydroxylation sites is 1. The maximum atomic E-state index is 12.7. The molecule has 0 radical (unpaired) electrons. The van der Waals surface area contributed by atoms with Crippen LogP contribution < -0.4 is 16.3 Å². The molecule has 4 rings (SSSR count). The van der Waals surface area contributed by atoms with E-state index < -0.39 is 19.8 Å². The van der Waals surface area contributed by atoms with Gasteiger partial charge in [0.1, 0.15) is 11.8 Å².